The molecule has 0 aliphatic carbocycles. The van der Waals surface area contributed by atoms with Gasteiger partial charge in [-0.15, -0.1) is 0 Å². The Kier molecular flexibility index (Phi) is 7.88. The number of carbonyl (C=O) groups is 1. The minimum Gasteiger partial charge on any atom is -0.463 e. The van der Waals surface area contributed by atoms with E-state index in [0.29, 0.717) is 19.1 Å². The number of hydrogen-bond donors (Lipinski definition) is 0. The molecule has 3 aromatic rings. The van der Waals surface area contributed by atoms with Gasteiger partial charge < -0.3 is 18.8 Å². The van der Waals surface area contributed by atoms with Crippen molar-refractivity contribution in [3.05, 3.63) is 59.9 Å². The quantitative estimate of drug-likeness (QED) is 0.163. The molecular formula is C25H32N2O4Si. The number of rotatable bonds is 10. The first kappa shape index (κ1) is 23.8. The fraction of sp³-hybridized carbons (Fsp3) is 0.360. The molecule has 0 bridgehead atoms. The van der Waals surface area contributed by atoms with E-state index in [1.54, 1.807) is 19.2 Å². The van der Waals surface area contributed by atoms with E-state index in [0.717, 1.165) is 40.6 Å². The van der Waals surface area contributed by atoms with Gasteiger partial charge in [0.05, 0.1) is 12.0 Å². The highest BCUT2D eigenvalue weighted by Crippen LogP contribution is 2.32. The van der Waals surface area contributed by atoms with Crippen LogP contribution in [0.2, 0.25) is 25.7 Å². The molecule has 2 heterocycles. The highest BCUT2D eigenvalue weighted by atomic mass is 28.3. The van der Waals surface area contributed by atoms with Crippen LogP contribution >= 0.6 is 0 Å². The molecule has 2 aromatic heterocycles. The highest BCUT2D eigenvalue weighted by Gasteiger charge is 2.15. The Hall–Kier alpha value is -2.90. The van der Waals surface area contributed by atoms with E-state index in [2.05, 4.69) is 30.8 Å². The number of esters is 1. The standard InChI is InChI=1S/C25H32N2O4Si/c1-6-30-23(28)11-10-20-8-7-9-21(16-20)31-22-12-13-26-25-24(22)19(2)17-27(25)18-29-14-15-32(3,4)5/h7-13,16-17H,6,14-15,18H2,1-5H3/b11-10+. The van der Waals surface area contributed by atoms with Crippen LogP contribution in [0.25, 0.3) is 17.1 Å². The summed E-state index contributed by atoms with van der Waals surface area (Å²) < 4.78 is 19.1. The summed E-state index contributed by atoms with van der Waals surface area (Å²) in [6.45, 7) is 12.5. The van der Waals surface area contributed by atoms with Crippen LogP contribution in [0.15, 0.2) is 48.8 Å². The maximum Gasteiger partial charge on any atom is 0.330 e. The Bertz CT molecular complexity index is 1100. The molecule has 32 heavy (non-hydrogen) atoms. The van der Waals surface area contributed by atoms with Crippen molar-refractivity contribution < 1.29 is 19.0 Å². The number of aryl methyl sites for hydroxylation is 1. The maximum atomic E-state index is 11.6. The molecule has 0 amide bonds. The van der Waals surface area contributed by atoms with Crippen LogP contribution in [-0.2, 0) is 21.0 Å². The molecule has 0 saturated heterocycles. The summed E-state index contributed by atoms with van der Waals surface area (Å²) in [5, 5.41) is 0.966. The number of nitrogens with zero attached hydrogens (tertiary/aromatic N) is 2. The zero-order valence-electron chi connectivity index (χ0n) is 19.6. The minimum absolute atomic E-state index is 0.354. The van der Waals surface area contributed by atoms with E-state index < -0.39 is 8.07 Å². The van der Waals surface area contributed by atoms with Crippen LogP contribution in [0, 0.1) is 6.92 Å². The molecule has 0 spiro atoms. The molecule has 0 aliphatic heterocycles. The summed E-state index contributed by atoms with van der Waals surface area (Å²) >= 11 is 0. The Morgan fingerprint density at radius 1 is 1.22 bits per heavy atom. The second-order valence-electron chi connectivity index (χ2n) is 8.90. The number of carbonyl (C=O) groups excluding carboxylic acids is 1. The average molecular weight is 453 g/mol. The molecule has 3 rings (SSSR count). The van der Waals surface area contributed by atoms with Gasteiger partial charge >= 0.3 is 5.97 Å². The first-order valence-corrected chi connectivity index (χ1v) is 14.6. The number of ether oxygens (including phenoxy) is 3. The van der Waals surface area contributed by atoms with E-state index in [1.165, 1.54) is 6.08 Å². The SMILES string of the molecule is CCOC(=O)/C=C/c1cccc(Oc2ccnc3c2c(C)cn3COCC[Si](C)(C)C)c1. The first-order chi connectivity index (χ1) is 15.3. The topological polar surface area (TPSA) is 62.6 Å². The largest absolute Gasteiger partial charge is 0.463 e. The maximum absolute atomic E-state index is 11.6. The second-order valence-corrected chi connectivity index (χ2v) is 14.5. The van der Waals surface area contributed by atoms with Gasteiger partial charge in [-0.25, -0.2) is 9.78 Å². The Morgan fingerprint density at radius 2 is 2.03 bits per heavy atom. The van der Waals surface area contributed by atoms with Crippen LogP contribution in [0.4, 0.5) is 0 Å². The second kappa shape index (κ2) is 10.6. The molecule has 0 saturated carbocycles. The number of aromatic nitrogens is 2. The van der Waals surface area contributed by atoms with Gasteiger partial charge in [-0.2, -0.15) is 0 Å². The number of fused-ring (bicyclic) bond motifs is 1. The van der Waals surface area contributed by atoms with E-state index in [9.17, 15) is 4.79 Å². The Balaban J connectivity index is 1.76. The van der Waals surface area contributed by atoms with Gasteiger partial charge in [0.25, 0.3) is 0 Å². The summed E-state index contributed by atoms with van der Waals surface area (Å²) in [7, 11) is -1.12. The lowest BCUT2D eigenvalue weighted by Crippen LogP contribution is -2.22. The number of hydrogen-bond acceptors (Lipinski definition) is 5. The van der Waals surface area contributed by atoms with Gasteiger partial charge in [0, 0.05) is 33.2 Å². The average Bonchev–Trinajstić information content (AvgIpc) is 3.06. The van der Waals surface area contributed by atoms with Crippen molar-refractivity contribution in [1.29, 1.82) is 0 Å². The van der Waals surface area contributed by atoms with Gasteiger partial charge in [0.2, 0.25) is 0 Å². The molecule has 0 fully saturated rings. The van der Waals surface area contributed by atoms with Crippen LogP contribution in [-0.4, -0.2) is 36.8 Å². The first-order valence-electron chi connectivity index (χ1n) is 10.9. The lowest BCUT2D eigenvalue weighted by molar-refractivity contribution is -0.137. The predicted molar refractivity (Wildman–Crippen MR) is 131 cm³/mol. The Morgan fingerprint density at radius 3 is 2.78 bits per heavy atom. The molecule has 0 unspecified atom stereocenters. The normalized spacial score (nSPS) is 11.9. The summed E-state index contributed by atoms with van der Waals surface area (Å²) in [5.74, 6) is 1.06. The predicted octanol–water partition coefficient (Wildman–Crippen LogP) is 6.03. The van der Waals surface area contributed by atoms with Crippen LogP contribution in [0.3, 0.4) is 0 Å². The number of benzene rings is 1. The molecular weight excluding hydrogens is 420 g/mol. The fourth-order valence-corrected chi connectivity index (χ4v) is 4.03. The summed E-state index contributed by atoms with van der Waals surface area (Å²) in [4.78, 5) is 16.1. The molecule has 6 nitrogen and oxygen atoms in total. The van der Waals surface area contributed by atoms with E-state index >= 15 is 0 Å². The van der Waals surface area contributed by atoms with Crippen molar-refractivity contribution in [2.75, 3.05) is 13.2 Å². The lowest BCUT2D eigenvalue weighted by Gasteiger charge is -2.15. The van der Waals surface area contributed by atoms with Crippen molar-refractivity contribution in [2.45, 2.75) is 46.3 Å². The third-order valence-electron chi connectivity index (χ3n) is 4.92. The van der Waals surface area contributed by atoms with Gasteiger partial charge in [-0.1, -0.05) is 31.8 Å². The minimum atomic E-state index is -1.12. The lowest BCUT2D eigenvalue weighted by atomic mass is 10.2. The molecule has 0 N–H and O–H groups in total. The molecule has 7 heteroatoms. The van der Waals surface area contributed by atoms with Crippen molar-refractivity contribution in [3.63, 3.8) is 0 Å². The highest BCUT2D eigenvalue weighted by molar-refractivity contribution is 6.76. The molecule has 0 atom stereocenters. The van der Waals surface area contributed by atoms with Crippen molar-refractivity contribution in [3.8, 4) is 11.5 Å². The van der Waals surface area contributed by atoms with E-state index in [4.69, 9.17) is 14.2 Å². The fourth-order valence-electron chi connectivity index (χ4n) is 3.27. The molecule has 0 radical (unpaired) electrons. The van der Waals surface area contributed by atoms with Gasteiger partial charge in [-0.05, 0) is 55.3 Å². The van der Waals surface area contributed by atoms with Crippen LogP contribution in [0.5, 0.6) is 11.5 Å². The van der Waals surface area contributed by atoms with Crippen LogP contribution in [0.1, 0.15) is 18.1 Å². The van der Waals surface area contributed by atoms with Crippen molar-refractivity contribution >= 4 is 31.2 Å². The monoisotopic (exact) mass is 452 g/mol. The summed E-state index contributed by atoms with van der Waals surface area (Å²) in [5.41, 5.74) is 2.77. The third kappa shape index (κ3) is 6.55. The molecule has 170 valence electrons. The smallest absolute Gasteiger partial charge is 0.330 e. The third-order valence-corrected chi connectivity index (χ3v) is 6.62. The number of pyridine rings is 1. The Labute approximate surface area is 190 Å². The summed E-state index contributed by atoms with van der Waals surface area (Å²) in [6, 6.07) is 10.6. The molecule has 0 aliphatic rings. The zero-order chi connectivity index (χ0) is 23.1. The van der Waals surface area contributed by atoms with Crippen LogP contribution < -0.4 is 4.74 Å². The van der Waals surface area contributed by atoms with E-state index in [-0.39, 0.29) is 5.97 Å². The van der Waals surface area contributed by atoms with Crippen molar-refractivity contribution in [2.24, 2.45) is 0 Å². The van der Waals surface area contributed by atoms with Gasteiger partial charge in [0.1, 0.15) is 23.9 Å². The zero-order valence-corrected chi connectivity index (χ0v) is 20.6. The summed E-state index contributed by atoms with van der Waals surface area (Å²) in [6.07, 6.45) is 6.93. The van der Waals surface area contributed by atoms with Crippen molar-refractivity contribution in [1.82, 2.24) is 9.55 Å². The molecule has 1 aromatic carbocycles. The van der Waals surface area contributed by atoms with E-state index in [1.807, 2.05) is 41.8 Å². The van der Waals surface area contributed by atoms with Gasteiger partial charge in [-0.3, -0.25) is 0 Å². The van der Waals surface area contributed by atoms with Gasteiger partial charge in [0.15, 0.2) is 0 Å².